The molecule has 1 aromatic rings. The van der Waals surface area contributed by atoms with E-state index < -0.39 is 0 Å². The molecule has 1 heterocycles. The molecule has 1 N–H and O–H groups in total. The zero-order valence-electron chi connectivity index (χ0n) is 13.1. The summed E-state index contributed by atoms with van der Waals surface area (Å²) < 4.78 is 5.39. The molecule has 2 bridgehead atoms. The molecule has 2 saturated carbocycles. The monoisotopic (exact) mass is 277 g/mol. The lowest BCUT2D eigenvalue weighted by Gasteiger charge is -2.30. The van der Waals surface area contributed by atoms with Crippen molar-refractivity contribution in [2.75, 3.05) is 0 Å². The minimum absolute atomic E-state index is 0.143. The summed E-state index contributed by atoms with van der Waals surface area (Å²) in [6.45, 7) is 8.62. The van der Waals surface area contributed by atoms with Crippen molar-refractivity contribution in [2.45, 2.75) is 71.4 Å². The summed E-state index contributed by atoms with van der Waals surface area (Å²) in [7, 11) is 0. The van der Waals surface area contributed by atoms with E-state index in [1.807, 2.05) is 0 Å². The zero-order chi connectivity index (χ0) is 14.3. The van der Waals surface area contributed by atoms with Gasteiger partial charge in [-0.05, 0) is 50.9 Å². The summed E-state index contributed by atoms with van der Waals surface area (Å²) in [5.41, 5.74) is 0. The zero-order valence-corrected chi connectivity index (χ0v) is 13.1. The van der Waals surface area contributed by atoms with Crippen molar-refractivity contribution in [3.05, 3.63) is 11.7 Å². The number of hydrogen-bond acceptors (Lipinski definition) is 4. The average Bonchev–Trinajstić information content (AvgIpc) is 3.14. The van der Waals surface area contributed by atoms with E-state index in [1.165, 1.54) is 25.7 Å². The van der Waals surface area contributed by atoms with E-state index >= 15 is 0 Å². The minimum Gasteiger partial charge on any atom is -0.338 e. The van der Waals surface area contributed by atoms with Crippen LogP contribution in [0.1, 0.15) is 77.1 Å². The number of nitrogens with one attached hydrogen (secondary N) is 1. The Balaban J connectivity index is 1.59. The standard InChI is InChI=1S/C16H27N3O/c1-9(2)15-18-16(20-19-15)11(4)17-10(3)14-8-12-5-6-13(14)7-12/h9-14,17H,5-8H2,1-4H3. The molecule has 0 radical (unpaired) electrons. The molecular weight excluding hydrogens is 250 g/mol. The van der Waals surface area contributed by atoms with E-state index in [0.29, 0.717) is 12.0 Å². The topological polar surface area (TPSA) is 51.0 Å². The molecule has 2 aliphatic carbocycles. The normalized spacial score (nSPS) is 31.9. The molecule has 3 rings (SSSR count). The summed E-state index contributed by atoms with van der Waals surface area (Å²) in [5.74, 6) is 4.64. The Morgan fingerprint density at radius 1 is 1.15 bits per heavy atom. The van der Waals surface area contributed by atoms with Crippen LogP contribution in [0.4, 0.5) is 0 Å². The summed E-state index contributed by atoms with van der Waals surface area (Å²) in [6.07, 6.45) is 5.77. The molecule has 1 aromatic heterocycles. The molecule has 5 atom stereocenters. The van der Waals surface area contributed by atoms with Crippen LogP contribution in [-0.2, 0) is 0 Å². The lowest BCUT2D eigenvalue weighted by Crippen LogP contribution is -2.37. The smallest absolute Gasteiger partial charge is 0.243 e. The van der Waals surface area contributed by atoms with Gasteiger partial charge in [-0.25, -0.2) is 0 Å². The highest BCUT2D eigenvalue weighted by Crippen LogP contribution is 2.49. The summed E-state index contributed by atoms with van der Waals surface area (Å²) in [5, 5.41) is 7.73. The van der Waals surface area contributed by atoms with Crippen molar-refractivity contribution >= 4 is 0 Å². The van der Waals surface area contributed by atoms with Crippen molar-refractivity contribution in [1.29, 1.82) is 0 Å². The third-order valence-electron chi connectivity index (χ3n) is 5.29. The van der Waals surface area contributed by atoms with Crippen molar-refractivity contribution in [3.63, 3.8) is 0 Å². The number of fused-ring (bicyclic) bond motifs is 2. The molecule has 2 fully saturated rings. The van der Waals surface area contributed by atoms with E-state index in [0.717, 1.165) is 29.5 Å². The van der Waals surface area contributed by atoms with Gasteiger partial charge in [0.2, 0.25) is 5.89 Å². The van der Waals surface area contributed by atoms with Crippen LogP contribution in [0.2, 0.25) is 0 Å². The van der Waals surface area contributed by atoms with Crippen LogP contribution in [0.15, 0.2) is 4.52 Å². The van der Waals surface area contributed by atoms with E-state index in [9.17, 15) is 0 Å². The van der Waals surface area contributed by atoms with Crippen LogP contribution >= 0.6 is 0 Å². The highest BCUT2D eigenvalue weighted by atomic mass is 16.5. The van der Waals surface area contributed by atoms with Gasteiger partial charge in [-0.15, -0.1) is 0 Å². The minimum atomic E-state index is 0.143. The van der Waals surface area contributed by atoms with E-state index in [1.54, 1.807) is 0 Å². The molecular formula is C16H27N3O. The van der Waals surface area contributed by atoms with Gasteiger partial charge in [-0.2, -0.15) is 4.98 Å². The average molecular weight is 277 g/mol. The van der Waals surface area contributed by atoms with Crippen molar-refractivity contribution in [1.82, 2.24) is 15.5 Å². The Morgan fingerprint density at radius 2 is 1.95 bits per heavy atom. The first kappa shape index (κ1) is 14.1. The molecule has 2 aliphatic rings. The molecule has 5 unspecified atom stereocenters. The molecule has 112 valence electrons. The van der Waals surface area contributed by atoms with Crippen LogP contribution in [0.3, 0.4) is 0 Å². The number of hydrogen-bond donors (Lipinski definition) is 1. The lowest BCUT2D eigenvalue weighted by atomic mass is 9.84. The van der Waals surface area contributed by atoms with E-state index in [2.05, 4.69) is 43.2 Å². The van der Waals surface area contributed by atoms with Gasteiger partial charge in [-0.3, -0.25) is 0 Å². The summed E-state index contributed by atoms with van der Waals surface area (Å²) in [4.78, 5) is 4.50. The van der Waals surface area contributed by atoms with Gasteiger partial charge in [-0.1, -0.05) is 25.4 Å². The fourth-order valence-electron chi connectivity index (χ4n) is 4.15. The molecule has 0 spiro atoms. The highest BCUT2D eigenvalue weighted by molar-refractivity contribution is 4.98. The molecule has 0 aliphatic heterocycles. The molecule has 20 heavy (non-hydrogen) atoms. The first-order valence-electron chi connectivity index (χ1n) is 8.14. The highest BCUT2D eigenvalue weighted by Gasteiger charge is 2.42. The van der Waals surface area contributed by atoms with Crippen LogP contribution in [0.25, 0.3) is 0 Å². The van der Waals surface area contributed by atoms with E-state index in [-0.39, 0.29) is 6.04 Å². The SMILES string of the molecule is CC(C)c1noc(C(C)NC(C)C2CC3CCC2C3)n1. The van der Waals surface area contributed by atoms with Crippen molar-refractivity contribution in [3.8, 4) is 0 Å². The number of nitrogens with zero attached hydrogens (tertiary/aromatic N) is 2. The van der Waals surface area contributed by atoms with Gasteiger partial charge in [0.1, 0.15) is 0 Å². The second-order valence-electron chi connectivity index (χ2n) is 7.16. The molecule has 0 aromatic carbocycles. The summed E-state index contributed by atoms with van der Waals surface area (Å²) in [6, 6.07) is 0.679. The van der Waals surface area contributed by atoms with Crippen LogP contribution in [-0.4, -0.2) is 16.2 Å². The van der Waals surface area contributed by atoms with E-state index in [4.69, 9.17) is 4.52 Å². The van der Waals surface area contributed by atoms with Gasteiger partial charge >= 0.3 is 0 Å². The predicted octanol–water partition coefficient (Wildman–Crippen LogP) is 3.67. The maximum absolute atomic E-state index is 5.39. The van der Waals surface area contributed by atoms with Gasteiger partial charge in [0.25, 0.3) is 0 Å². The Kier molecular flexibility index (Phi) is 3.85. The maximum atomic E-state index is 5.39. The molecule has 4 heteroatoms. The van der Waals surface area contributed by atoms with Crippen molar-refractivity contribution < 1.29 is 4.52 Å². The fraction of sp³-hybridized carbons (Fsp3) is 0.875. The van der Waals surface area contributed by atoms with Gasteiger partial charge in [0.15, 0.2) is 5.82 Å². The maximum Gasteiger partial charge on any atom is 0.243 e. The molecule has 4 nitrogen and oxygen atoms in total. The Morgan fingerprint density at radius 3 is 2.50 bits per heavy atom. The van der Waals surface area contributed by atoms with Crippen LogP contribution in [0, 0.1) is 17.8 Å². The molecule has 0 saturated heterocycles. The first-order chi connectivity index (χ1) is 9.54. The Bertz CT molecular complexity index is 456. The van der Waals surface area contributed by atoms with Crippen molar-refractivity contribution in [2.24, 2.45) is 17.8 Å². The predicted molar refractivity (Wildman–Crippen MR) is 78.3 cm³/mol. The quantitative estimate of drug-likeness (QED) is 0.892. The number of aromatic nitrogens is 2. The third kappa shape index (κ3) is 2.62. The van der Waals surface area contributed by atoms with Crippen LogP contribution < -0.4 is 5.32 Å². The second kappa shape index (κ2) is 5.47. The summed E-state index contributed by atoms with van der Waals surface area (Å²) >= 11 is 0. The van der Waals surface area contributed by atoms with Gasteiger partial charge in [0.05, 0.1) is 6.04 Å². The van der Waals surface area contributed by atoms with Gasteiger partial charge < -0.3 is 9.84 Å². The third-order valence-corrected chi connectivity index (χ3v) is 5.29. The Labute approximate surface area is 121 Å². The van der Waals surface area contributed by atoms with Gasteiger partial charge in [0, 0.05) is 12.0 Å². The second-order valence-corrected chi connectivity index (χ2v) is 7.16. The largest absolute Gasteiger partial charge is 0.338 e. The first-order valence-corrected chi connectivity index (χ1v) is 8.14. The van der Waals surface area contributed by atoms with Crippen LogP contribution in [0.5, 0.6) is 0 Å². The molecule has 0 amide bonds. The fourth-order valence-corrected chi connectivity index (χ4v) is 4.15. The Hall–Kier alpha value is -0.900. The lowest BCUT2D eigenvalue weighted by molar-refractivity contribution is 0.233. The number of rotatable bonds is 5.